The molecule has 2 heterocycles. The van der Waals surface area contributed by atoms with Crippen molar-refractivity contribution in [1.29, 1.82) is 0 Å². The fourth-order valence-electron chi connectivity index (χ4n) is 3.63. The number of hydrogen-bond acceptors (Lipinski definition) is 6. The minimum atomic E-state index is -3.29. The van der Waals surface area contributed by atoms with Crippen molar-refractivity contribution >= 4 is 23.2 Å². The second-order valence-electron chi connectivity index (χ2n) is 7.90. The van der Waals surface area contributed by atoms with Gasteiger partial charge < -0.3 is 26.3 Å². The van der Waals surface area contributed by atoms with Crippen LogP contribution in [0, 0.1) is 0 Å². The first-order valence-electron chi connectivity index (χ1n) is 10.7. The molecule has 0 radical (unpaired) electrons. The summed E-state index contributed by atoms with van der Waals surface area (Å²) in [6.07, 6.45) is 0.969. The lowest BCUT2D eigenvalue weighted by molar-refractivity contribution is -0.205. The Balaban J connectivity index is 1.81. The van der Waals surface area contributed by atoms with Crippen LogP contribution >= 0.6 is 0 Å². The van der Waals surface area contributed by atoms with Gasteiger partial charge in [-0.3, -0.25) is 9.59 Å². The number of carbonyl (C=O) groups excluding carboxylic acids is 2. The number of ether oxygens (including phenoxy) is 2. The van der Waals surface area contributed by atoms with E-state index in [1.165, 1.54) is 7.11 Å². The van der Waals surface area contributed by atoms with E-state index in [9.17, 15) is 18.4 Å². The molecule has 1 aromatic heterocycles. The monoisotopic (exact) mass is 487 g/mol. The Labute approximate surface area is 201 Å². The molecule has 1 fully saturated rings. The van der Waals surface area contributed by atoms with Gasteiger partial charge in [0.05, 0.1) is 31.7 Å². The minimum Gasteiger partial charge on any atom is -0.496 e. The van der Waals surface area contributed by atoms with Gasteiger partial charge in [-0.05, 0) is 30.2 Å². The fourth-order valence-corrected chi connectivity index (χ4v) is 3.63. The molecule has 0 aliphatic carbocycles. The SMILES string of the molecule is C=C/C(=C\C=C(/C)c1nn(C2COC(F)(F)C2)c(N)c1C(N)=O)CNC(=O)c1ccccc1OC. The van der Waals surface area contributed by atoms with E-state index in [-0.39, 0.29) is 36.1 Å². The molecule has 5 N–H and O–H groups in total. The molecule has 186 valence electrons. The molecule has 1 saturated heterocycles. The van der Waals surface area contributed by atoms with E-state index in [0.29, 0.717) is 22.5 Å². The summed E-state index contributed by atoms with van der Waals surface area (Å²) in [5, 5.41) is 7.08. The Bertz CT molecular complexity index is 1200. The molecule has 1 atom stereocenters. The van der Waals surface area contributed by atoms with Gasteiger partial charge >= 0.3 is 6.11 Å². The number of nitrogens with zero attached hydrogens (tertiary/aromatic N) is 2. The van der Waals surface area contributed by atoms with Gasteiger partial charge in [0, 0.05) is 6.54 Å². The van der Waals surface area contributed by atoms with E-state index in [0.717, 1.165) is 4.68 Å². The molecule has 1 unspecified atom stereocenters. The zero-order valence-corrected chi connectivity index (χ0v) is 19.4. The number of nitrogen functional groups attached to an aromatic ring is 1. The van der Waals surface area contributed by atoms with Crippen molar-refractivity contribution in [2.24, 2.45) is 5.73 Å². The third kappa shape index (κ3) is 5.75. The van der Waals surface area contributed by atoms with Gasteiger partial charge in [0.15, 0.2) is 0 Å². The summed E-state index contributed by atoms with van der Waals surface area (Å²) in [4.78, 5) is 24.6. The van der Waals surface area contributed by atoms with E-state index in [1.807, 2.05) is 0 Å². The normalized spacial score (nSPS) is 17.8. The molecular formula is C24H27F2N5O4. The molecule has 0 spiro atoms. The summed E-state index contributed by atoms with van der Waals surface area (Å²) in [6.45, 7) is 5.29. The number of rotatable bonds is 9. The largest absolute Gasteiger partial charge is 0.496 e. The number of methoxy groups -OCH3 is 1. The quantitative estimate of drug-likeness (QED) is 0.466. The smallest absolute Gasteiger partial charge is 0.357 e. The Morgan fingerprint density at radius 1 is 1.37 bits per heavy atom. The summed E-state index contributed by atoms with van der Waals surface area (Å²) >= 11 is 0. The van der Waals surface area contributed by atoms with Crippen molar-refractivity contribution < 1.29 is 27.8 Å². The molecule has 9 nitrogen and oxygen atoms in total. The standard InChI is InChI=1S/C24H27F2N5O4/c1-4-15(12-29-23(33)17-7-5-6-8-18(17)34-3)10-9-14(2)20-19(22(28)32)21(27)31(30-20)16-11-24(25,26)35-13-16/h4-10,16H,1,11-13,27H2,2-3H3,(H2,28,32)(H,29,33)/b14-9+,15-10+. The minimum absolute atomic E-state index is 0.0630. The van der Waals surface area contributed by atoms with Crippen LogP contribution in [0.1, 0.15) is 45.8 Å². The molecule has 0 bridgehead atoms. The maximum Gasteiger partial charge on any atom is 0.357 e. The molecule has 2 amide bonds. The number of hydrogen-bond donors (Lipinski definition) is 3. The van der Waals surface area contributed by atoms with Crippen LogP contribution in [0.4, 0.5) is 14.6 Å². The Hall–Kier alpha value is -3.99. The molecule has 1 aromatic carbocycles. The zero-order valence-electron chi connectivity index (χ0n) is 19.4. The highest BCUT2D eigenvalue weighted by atomic mass is 19.3. The predicted molar refractivity (Wildman–Crippen MR) is 127 cm³/mol. The van der Waals surface area contributed by atoms with Crippen molar-refractivity contribution in [3.63, 3.8) is 0 Å². The summed E-state index contributed by atoms with van der Waals surface area (Å²) in [5.41, 5.74) is 13.2. The van der Waals surface area contributed by atoms with E-state index < -0.39 is 24.5 Å². The van der Waals surface area contributed by atoms with Crippen LogP contribution in [0.3, 0.4) is 0 Å². The van der Waals surface area contributed by atoms with Crippen LogP contribution in [-0.4, -0.2) is 48.0 Å². The highest BCUT2D eigenvalue weighted by Gasteiger charge is 2.43. The van der Waals surface area contributed by atoms with Crippen molar-refractivity contribution in [1.82, 2.24) is 15.1 Å². The lowest BCUT2D eigenvalue weighted by Gasteiger charge is -2.10. The third-order valence-corrected chi connectivity index (χ3v) is 5.49. The first kappa shape index (κ1) is 25.6. The second-order valence-corrected chi connectivity index (χ2v) is 7.90. The number of benzene rings is 1. The van der Waals surface area contributed by atoms with Gasteiger partial charge in [0.1, 0.15) is 22.8 Å². The van der Waals surface area contributed by atoms with Crippen LogP contribution in [-0.2, 0) is 4.74 Å². The number of alkyl halides is 2. The number of halogens is 2. The molecule has 1 aliphatic rings. The number of allylic oxidation sites excluding steroid dienone is 3. The number of carbonyl (C=O) groups is 2. The van der Waals surface area contributed by atoms with E-state index in [1.54, 1.807) is 49.4 Å². The number of nitrogens with one attached hydrogen (secondary N) is 1. The molecule has 1 aliphatic heterocycles. The van der Waals surface area contributed by atoms with Gasteiger partial charge in [-0.2, -0.15) is 13.9 Å². The fraction of sp³-hybridized carbons (Fsp3) is 0.292. The predicted octanol–water partition coefficient (Wildman–Crippen LogP) is 3.07. The number of primary amides is 1. The highest BCUT2D eigenvalue weighted by Crippen LogP contribution is 2.38. The molecule has 0 saturated carbocycles. The van der Waals surface area contributed by atoms with Gasteiger partial charge in [-0.15, -0.1) is 0 Å². The number of amides is 2. The van der Waals surface area contributed by atoms with Crippen molar-refractivity contribution in [3.05, 3.63) is 71.5 Å². The van der Waals surface area contributed by atoms with E-state index in [4.69, 9.17) is 16.2 Å². The average Bonchev–Trinajstić information content (AvgIpc) is 3.37. The highest BCUT2D eigenvalue weighted by molar-refractivity contribution is 6.01. The van der Waals surface area contributed by atoms with Crippen molar-refractivity contribution in [2.75, 3.05) is 26.0 Å². The lowest BCUT2D eigenvalue weighted by Crippen LogP contribution is -2.25. The van der Waals surface area contributed by atoms with Crippen molar-refractivity contribution in [3.8, 4) is 5.75 Å². The zero-order chi connectivity index (χ0) is 25.8. The number of anilines is 1. The van der Waals surface area contributed by atoms with Crippen LogP contribution in [0.15, 0.2) is 54.6 Å². The Morgan fingerprint density at radius 2 is 2.09 bits per heavy atom. The topological polar surface area (TPSA) is 134 Å². The molecular weight excluding hydrogens is 460 g/mol. The van der Waals surface area contributed by atoms with Crippen LogP contribution in [0.2, 0.25) is 0 Å². The van der Waals surface area contributed by atoms with E-state index >= 15 is 0 Å². The third-order valence-electron chi connectivity index (χ3n) is 5.49. The van der Waals surface area contributed by atoms with Gasteiger partial charge in [0.2, 0.25) is 0 Å². The maximum absolute atomic E-state index is 13.5. The number of aromatic nitrogens is 2. The molecule has 11 heteroatoms. The molecule has 3 rings (SSSR count). The first-order chi connectivity index (χ1) is 16.6. The summed E-state index contributed by atoms with van der Waals surface area (Å²) in [6, 6.07) is 5.98. The first-order valence-corrected chi connectivity index (χ1v) is 10.7. The lowest BCUT2D eigenvalue weighted by atomic mass is 10.1. The molecule has 2 aromatic rings. The second kappa shape index (κ2) is 10.5. The van der Waals surface area contributed by atoms with Crippen LogP contribution < -0.4 is 21.5 Å². The van der Waals surface area contributed by atoms with Crippen LogP contribution in [0.5, 0.6) is 5.75 Å². The summed E-state index contributed by atoms with van der Waals surface area (Å²) in [5.74, 6) is -0.820. The number of para-hydroxylation sites is 1. The Morgan fingerprint density at radius 3 is 2.69 bits per heavy atom. The van der Waals surface area contributed by atoms with Gasteiger partial charge in [-0.25, -0.2) is 4.68 Å². The van der Waals surface area contributed by atoms with Crippen LogP contribution in [0.25, 0.3) is 5.57 Å². The van der Waals surface area contributed by atoms with Crippen molar-refractivity contribution in [2.45, 2.75) is 25.5 Å². The summed E-state index contributed by atoms with van der Waals surface area (Å²) in [7, 11) is 1.48. The maximum atomic E-state index is 13.5. The van der Waals surface area contributed by atoms with Gasteiger partial charge in [0.25, 0.3) is 11.8 Å². The number of nitrogens with two attached hydrogens (primary N) is 2. The Kier molecular flexibility index (Phi) is 7.70. The molecule has 35 heavy (non-hydrogen) atoms. The van der Waals surface area contributed by atoms with Gasteiger partial charge in [-0.1, -0.05) is 36.9 Å². The summed E-state index contributed by atoms with van der Waals surface area (Å²) < 4.78 is 37.8. The average molecular weight is 488 g/mol. The van der Waals surface area contributed by atoms with E-state index in [2.05, 4.69) is 21.7 Å².